The second kappa shape index (κ2) is 6.69. The molecule has 5 nitrogen and oxygen atoms in total. The molecule has 0 amide bonds. The van der Waals surface area contributed by atoms with Crippen molar-refractivity contribution in [1.82, 2.24) is 25.2 Å². The zero-order chi connectivity index (χ0) is 13.6. The molecule has 0 atom stereocenters. The Balaban J connectivity index is 2.26. The lowest BCUT2D eigenvalue weighted by atomic mass is 10.4. The molecule has 18 heavy (non-hydrogen) atoms. The minimum absolute atomic E-state index is 0.00156. The smallest absolute Gasteiger partial charge is 0.314 e. The average molecular weight is 265 g/mol. The van der Waals surface area contributed by atoms with E-state index in [0.29, 0.717) is 19.6 Å². The number of nitrogens with zero attached hydrogens (tertiary/aromatic N) is 4. The van der Waals surface area contributed by atoms with Gasteiger partial charge in [-0.25, -0.2) is 0 Å². The first-order valence-corrected chi connectivity index (χ1v) is 5.69. The molecule has 0 aromatic carbocycles. The van der Waals surface area contributed by atoms with Gasteiger partial charge in [-0.2, -0.15) is 13.2 Å². The number of aromatic nitrogens is 3. The molecule has 1 rings (SSSR count). The molecule has 1 aromatic rings. The molecule has 1 aromatic heterocycles. The van der Waals surface area contributed by atoms with Gasteiger partial charge in [0.05, 0.1) is 18.7 Å². The van der Waals surface area contributed by atoms with Crippen molar-refractivity contribution in [1.29, 1.82) is 0 Å². The van der Waals surface area contributed by atoms with Gasteiger partial charge in [0.15, 0.2) is 0 Å². The average Bonchev–Trinajstić information content (AvgIpc) is 2.71. The normalized spacial score (nSPS) is 12.3. The maximum atomic E-state index is 12.0. The Morgan fingerprint density at radius 1 is 1.39 bits per heavy atom. The van der Waals surface area contributed by atoms with E-state index in [1.807, 2.05) is 7.05 Å². The Labute approximate surface area is 104 Å². The lowest BCUT2D eigenvalue weighted by molar-refractivity contribution is -0.137. The number of hydrogen-bond donors (Lipinski definition) is 1. The third kappa shape index (κ3) is 5.97. The number of likely N-dealkylation sites (N-methyl/N-ethyl adjacent to an activating group) is 1. The highest BCUT2D eigenvalue weighted by Gasteiger charge is 2.26. The van der Waals surface area contributed by atoms with Crippen LogP contribution in [0.1, 0.15) is 12.1 Å². The summed E-state index contributed by atoms with van der Waals surface area (Å²) in [5, 5.41) is 10.8. The number of nitrogens with one attached hydrogen (secondary N) is 1. The summed E-state index contributed by atoms with van der Waals surface area (Å²) in [6.45, 7) is 1.68. The van der Waals surface area contributed by atoms with Crippen molar-refractivity contribution in [3.05, 3.63) is 11.9 Å². The van der Waals surface area contributed by atoms with Crippen LogP contribution in [0, 0.1) is 0 Å². The van der Waals surface area contributed by atoms with E-state index in [-0.39, 0.29) is 6.54 Å². The van der Waals surface area contributed by atoms with Crippen LogP contribution in [-0.4, -0.2) is 53.3 Å². The molecule has 104 valence electrons. The van der Waals surface area contributed by atoms with Crippen molar-refractivity contribution in [2.45, 2.75) is 25.7 Å². The Morgan fingerprint density at radius 3 is 2.72 bits per heavy atom. The minimum atomic E-state index is -4.10. The number of hydrogen-bond acceptors (Lipinski definition) is 4. The van der Waals surface area contributed by atoms with E-state index in [9.17, 15) is 13.2 Å². The van der Waals surface area contributed by atoms with Gasteiger partial charge in [0.2, 0.25) is 0 Å². The van der Waals surface area contributed by atoms with E-state index in [4.69, 9.17) is 0 Å². The molecule has 0 spiro atoms. The zero-order valence-corrected chi connectivity index (χ0v) is 10.5. The maximum Gasteiger partial charge on any atom is 0.390 e. The topological polar surface area (TPSA) is 46.0 Å². The fourth-order valence-corrected chi connectivity index (χ4v) is 1.41. The highest BCUT2D eigenvalue weighted by atomic mass is 19.4. The lowest BCUT2D eigenvalue weighted by Crippen LogP contribution is -2.27. The summed E-state index contributed by atoms with van der Waals surface area (Å²) >= 11 is 0. The standard InChI is InChI=1S/C10H18F3N5/c1-14-7-9-8-18(16-15-9)6-5-17(2)4-3-10(11,12)13/h8,14H,3-7H2,1-2H3. The molecule has 0 aliphatic heterocycles. The molecule has 8 heteroatoms. The Morgan fingerprint density at radius 2 is 2.11 bits per heavy atom. The fourth-order valence-electron chi connectivity index (χ4n) is 1.41. The summed E-state index contributed by atoms with van der Waals surface area (Å²) < 4.78 is 37.7. The second-order valence-corrected chi connectivity index (χ2v) is 4.17. The largest absolute Gasteiger partial charge is 0.390 e. The third-order valence-electron chi connectivity index (χ3n) is 2.43. The monoisotopic (exact) mass is 265 g/mol. The quantitative estimate of drug-likeness (QED) is 0.795. The predicted molar refractivity (Wildman–Crippen MR) is 61.0 cm³/mol. The van der Waals surface area contributed by atoms with Crippen LogP contribution in [-0.2, 0) is 13.1 Å². The first-order chi connectivity index (χ1) is 8.40. The number of rotatable bonds is 7. The third-order valence-corrected chi connectivity index (χ3v) is 2.43. The van der Waals surface area contributed by atoms with Crippen LogP contribution >= 0.6 is 0 Å². The van der Waals surface area contributed by atoms with Crippen molar-refractivity contribution in [2.24, 2.45) is 0 Å². The van der Waals surface area contributed by atoms with Crippen molar-refractivity contribution in [2.75, 3.05) is 27.2 Å². The van der Waals surface area contributed by atoms with Crippen LogP contribution in [0.2, 0.25) is 0 Å². The summed E-state index contributed by atoms with van der Waals surface area (Å²) in [5.41, 5.74) is 0.815. The molecule has 0 saturated heterocycles. The molecular formula is C10H18F3N5. The summed E-state index contributed by atoms with van der Waals surface area (Å²) in [6.07, 6.45) is -3.10. The van der Waals surface area contributed by atoms with Crippen LogP contribution in [0.15, 0.2) is 6.20 Å². The van der Waals surface area contributed by atoms with Gasteiger partial charge >= 0.3 is 6.18 Å². The van der Waals surface area contributed by atoms with E-state index < -0.39 is 12.6 Å². The van der Waals surface area contributed by atoms with E-state index in [1.165, 1.54) is 0 Å². The Kier molecular flexibility index (Phi) is 5.54. The molecule has 0 unspecified atom stereocenters. The molecule has 0 fully saturated rings. The first kappa shape index (κ1) is 14.9. The second-order valence-electron chi connectivity index (χ2n) is 4.17. The predicted octanol–water partition coefficient (Wildman–Crippen LogP) is 0.882. The van der Waals surface area contributed by atoms with Gasteiger partial charge < -0.3 is 10.2 Å². The molecule has 1 N–H and O–H groups in total. The zero-order valence-electron chi connectivity index (χ0n) is 10.5. The van der Waals surface area contributed by atoms with Crippen LogP contribution in [0.4, 0.5) is 13.2 Å². The molecular weight excluding hydrogens is 247 g/mol. The van der Waals surface area contributed by atoms with Gasteiger partial charge in [-0.15, -0.1) is 5.10 Å². The summed E-state index contributed by atoms with van der Waals surface area (Å²) in [4.78, 5) is 1.63. The van der Waals surface area contributed by atoms with Crippen molar-refractivity contribution < 1.29 is 13.2 Å². The van der Waals surface area contributed by atoms with Crippen molar-refractivity contribution in [3.8, 4) is 0 Å². The van der Waals surface area contributed by atoms with Gasteiger partial charge in [0.1, 0.15) is 0 Å². The fraction of sp³-hybridized carbons (Fsp3) is 0.800. The van der Waals surface area contributed by atoms with E-state index in [0.717, 1.165) is 5.69 Å². The summed E-state index contributed by atoms with van der Waals surface area (Å²) in [6, 6.07) is 0. The van der Waals surface area contributed by atoms with E-state index >= 15 is 0 Å². The highest BCUT2D eigenvalue weighted by molar-refractivity contribution is 4.90. The molecule has 0 bridgehead atoms. The van der Waals surface area contributed by atoms with Crippen molar-refractivity contribution >= 4 is 0 Å². The SMILES string of the molecule is CNCc1cn(CCN(C)CCC(F)(F)F)nn1. The van der Waals surface area contributed by atoms with Gasteiger partial charge in [-0.1, -0.05) is 5.21 Å². The summed E-state index contributed by atoms with van der Waals surface area (Å²) in [7, 11) is 3.47. The Bertz CT molecular complexity index is 350. The first-order valence-electron chi connectivity index (χ1n) is 5.69. The van der Waals surface area contributed by atoms with Crippen LogP contribution in [0.25, 0.3) is 0 Å². The number of halogens is 3. The van der Waals surface area contributed by atoms with Crippen LogP contribution < -0.4 is 5.32 Å². The van der Waals surface area contributed by atoms with Gasteiger partial charge in [0, 0.05) is 25.8 Å². The van der Waals surface area contributed by atoms with Crippen LogP contribution in [0.3, 0.4) is 0 Å². The van der Waals surface area contributed by atoms with Crippen molar-refractivity contribution in [3.63, 3.8) is 0 Å². The lowest BCUT2D eigenvalue weighted by Gasteiger charge is -2.17. The molecule has 0 saturated carbocycles. The molecule has 0 aliphatic carbocycles. The van der Waals surface area contributed by atoms with Gasteiger partial charge in [-0.05, 0) is 14.1 Å². The maximum absolute atomic E-state index is 12.0. The highest BCUT2D eigenvalue weighted by Crippen LogP contribution is 2.19. The Hall–Kier alpha value is -1.15. The molecule has 0 radical (unpaired) electrons. The van der Waals surface area contributed by atoms with E-state index in [2.05, 4.69) is 15.6 Å². The van der Waals surface area contributed by atoms with Gasteiger partial charge in [-0.3, -0.25) is 4.68 Å². The van der Waals surface area contributed by atoms with E-state index in [1.54, 1.807) is 22.8 Å². The molecule has 1 heterocycles. The van der Waals surface area contributed by atoms with Crippen LogP contribution in [0.5, 0.6) is 0 Å². The summed E-state index contributed by atoms with van der Waals surface area (Å²) in [5.74, 6) is 0. The minimum Gasteiger partial charge on any atom is -0.314 e. The van der Waals surface area contributed by atoms with Gasteiger partial charge in [0.25, 0.3) is 0 Å². The number of alkyl halides is 3. The molecule has 0 aliphatic rings.